The van der Waals surface area contributed by atoms with Gasteiger partial charge in [0.05, 0.1) is 11.5 Å². The van der Waals surface area contributed by atoms with E-state index in [0.29, 0.717) is 17.7 Å². The standard InChI is InChI=1S/C20H22FNO4S/c1-15-6-8-18(9-7-15)26-13-20(23)22(17-10-11-27(24,25)14-17)12-16-4-2-3-5-19(16)21/h2-9,17H,10-14H2,1H3. The minimum Gasteiger partial charge on any atom is -0.484 e. The summed E-state index contributed by atoms with van der Waals surface area (Å²) in [6.45, 7) is 1.74. The van der Waals surface area contributed by atoms with Gasteiger partial charge < -0.3 is 9.64 Å². The highest BCUT2D eigenvalue weighted by molar-refractivity contribution is 7.91. The number of carbonyl (C=O) groups excluding carboxylic acids is 1. The van der Waals surface area contributed by atoms with Crippen LogP contribution in [0.25, 0.3) is 0 Å². The van der Waals surface area contributed by atoms with Crippen molar-refractivity contribution in [1.82, 2.24) is 4.90 Å². The van der Waals surface area contributed by atoms with Crippen LogP contribution in [0.1, 0.15) is 17.5 Å². The minimum absolute atomic E-state index is 0.0168. The number of hydrogen-bond acceptors (Lipinski definition) is 4. The zero-order valence-electron chi connectivity index (χ0n) is 15.1. The SMILES string of the molecule is Cc1ccc(OCC(=O)N(Cc2ccccc2F)C2CCS(=O)(=O)C2)cc1. The van der Waals surface area contributed by atoms with E-state index in [0.717, 1.165) is 5.56 Å². The maximum absolute atomic E-state index is 14.1. The summed E-state index contributed by atoms with van der Waals surface area (Å²) >= 11 is 0. The number of benzene rings is 2. The molecule has 27 heavy (non-hydrogen) atoms. The van der Waals surface area contributed by atoms with Crippen LogP contribution in [0, 0.1) is 12.7 Å². The first-order chi connectivity index (χ1) is 12.8. The van der Waals surface area contributed by atoms with Gasteiger partial charge in [0.2, 0.25) is 0 Å². The van der Waals surface area contributed by atoms with Gasteiger partial charge in [0.15, 0.2) is 16.4 Å². The predicted octanol–water partition coefficient (Wildman–Crippen LogP) is 2.73. The molecule has 0 aliphatic carbocycles. The molecule has 2 aromatic rings. The number of aryl methyl sites for hydroxylation is 1. The molecule has 1 aliphatic rings. The molecule has 7 heteroatoms. The van der Waals surface area contributed by atoms with Gasteiger partial charge in [0, 0.05) is 18.2 Å². The van der Waals surface area contributed by atoms with Crippen LogP contribution >= 0.6 is 0 Å². The van der Waals surface area contributed by atoms with E-state index in [1.807, 2.05) is 19.1 Å². The van der Waals surface area contributed by atoms with Gasteiger partial charge in [-0.1, -0.05) is 35.9 Å². The number of carbonyl (C=O) groups is 1. The molecule has 1 heterocycles. The van der Waals surface area contributed by atoms with Gasteiger partial charge in [-0.05, 0) is 31.5 Å². The lowest BCUT2D eigenvalue weighted by Gasteiger charge is -2.28. The van der Waals surface area contributed by atoms with E-state index in [2.05, 4.69) is 0 Å². The van der Waals surface area contributed by atoms with Crippen LogP contribution in [0.3, 0.4) is 0 Å². The summed E-state index contributed by atoms with van der Waals surface area (Å²) in [4.78, 5) is 14.2. The summed E-state index contributed by atoms with van der Waals surface area (Å²) in [7, 11) is -3.18. The van der Waals surface area contributed by atoms with Crippen molar-refractivity contribution in [1.29, 1.82) is 0 Å². The van der Waals surface area contributed by atoms with Crippen LogP contribution in [0.15, 0.2) is 48.5 Å². The summed E-state index contributed by atoms with van der Waals surface area (Å²) in [5, 5.41) is 0. The van der Waals surface area contributed by atoms with E-state index < -0.39 is 21.7 Å². The maximum Gasteiger partial charge on any atom is 0.261 e. The highest BCUT2D eigenvalue weighted by Crippen LogP contribution is 2.22. The molecule has 2 aromatic carbocycles. The molecule has 1 atom stereocenters. The van der Waals surface area contributed by atoms with Crippen molar-refractivity contribution < 1.29 is 22.3 Å². The molecule has 1 amide bonds. The molecule has 1 saturated heterocycles. The van der Waals surface area contributed by atoms with Gasteiger partial charge in [-0.25, -0.2) is 12.8 Å². The quantitative estimate of drug-likeness (QED) is 0.760. The largest absolute Gasteiger partial charge is 0.484 e. The number of hydrogen-bond donors (Lipinski definition) is 0. The van der Waals surface area contributed by atoms with Crippen LogP contribution in [-0.4, -0.2) is 43.4 Å². The second-order valence-corrected chi connectivity index (χ2v) is 9.00. The molecule has 0 radical (unpaired) electrons. The Kier molecular flexibility index (Phi) is 5.79. The van der Waals surface area contributed by atoms with E-state index in [9.17, 15) is 17.6 Å². The predicted molar refractivity (Wildman–Crippen MR) is 101 cm³/mol. The zero-order valence-corrected chi connectivity index (χ0v) is 15.9. The van der Waals surface area contributed by atoms with Crippen LogP contribution in [-0.2, 0) is 21.2 Å². The average molecular weight is 391 g/mol. The lowest BCUT2D eigenvalue weighted by atomic mass is 10.1. The fraction of sp³-hybridized carbons (Fsp3) is 0.350. The summed E-state index contributed by atoms with van der Waals surface area (Å²) in [6, 6.07) is 13.0. The molecule has 5 nitrogen and oxygen atoms in total. The summed E-state index contributed by atoms with van der Waals surface area (Å²) < 4.78 is 43.3. The molecule has 3 rings (SSSR count). The Morgan fingerprint density at radius 1 is 1.19 bits per heavy atom. The number of nitrogens with zero attached hydrogens (tertiary/aromatic N) is 1. The van der Waals surface area contributed by atoms with E-state index in [-0.39, 0.29) is 30.6 Å². The molecular weight excluding hydrogens is 369 g/mol. The first-order valence-electron chi connectivity index (χ1n) is 8.77. The molecule has 0 spiro atoms. The van der Waals surface area contributed by atoms with Crippen molar-refractivity contribution in [3.05, 3.63) is 65.5 Å². The number of rotatable bonds is 6. The van der Waals surface area contributed by atoms with E-state index >= 15 is 0 Å². The highest BCUT2D eigenvalue weighted by Gasteiger charge is 2.35. The second-order valence-electron chi connectivity index (χ2n) is 6.77. The third-order valence-corrected chi connectivity index (χ3v) is 6.40. The molecule has 144 valence electrons. The summed E-state index contributed by atoms with van der Waals surface area (Å²) in [5.41, 5.74) is 1.43. The molecule has 0 saturated carbocycles. The van der Waals surface area contributed by atoms with Gasteiger partial charge in [-0.2, -0.15) is 0 Å². The number of ether oxygens (including phenoxy) is 1. The van der Waals surface area contributed by atoms with Crippen molar-refractivity contribution in [3.8, 4) is 5.75 Å². The van der Waals surface area contributed by atoms with Crippen molar-refractivity contribution >= 4 is 15.7 Å². The Hall–Kier alpha value is -2.41. The average Bonchev–Trinajstić information content (AvgIpc) is 3.00. The topological polar surface area (TPSA) is 63.7 Å². The third-order valence-electron chi connectivity index (χ3n) is 4.65. The number of amides is 1. The van der Waals surface area contributed by atoms with E-state index in [1.165, 1.54) is 11.0 Å². The van der Waals surface area contributed by atoms with Gasteiger partial charge in [0.25, 0.3) is 5.91 Å². The van der Waals surface area contributed by atoms with Crippen molar-refractivity contribution in [2.75, 3.05) is 18.1 Å². The van der Waals surface area contributed by atoms with Crippen LogP contribution in [0.5, 0.6) is 5.75 Å². The number of halogens is 1. The maximum atomic E-state index is 14.1. The van der Waals surface area contributed by atoms with Gasteiger partial charge >= 0.3 is 0 Å². The van der Waals surface area contributed by atoms with Gasteiger partial charge in [0.1, 0.15) is 11.6 Å². The molecule has 0 bridgehead atoms. The molecule has 1 unspecified atom stereocenters. The molecule has 1 aliphatic heterocycles. The molecule has 0 N–H and O–H groups in total. The van der Waals surface area contributed by atoms with Crippen molar-refractivity contribution in [3.63, 3.8) is 0 Å². The van der Waals surface area contributed by atoms with E-state index in [1.54, 1.807) is 30.3 Å². The molecule has 1 fully saturated rings. The minimum atomic E-state index is -3.18. The first kappa shape index (κ1) is 19.4. The Bertz CT molecular complexity index is 912. The Labute approximate surface area is 158 Å². The van der Waals surface area contributed by atoms with Crippen LogP contribution < -0.4 is 4.74 Å². The monoisotopic (exact) mass is 391 g/mol. The van der Waals surface area contributed by atoms with Crippen LogP contribution in [0.4, 0.5) is 4.39 Å². The van der Waals surface area contributed by atoms with Gasteiger partial charge in [-0.3, -0.25) is 4.79 Å². The molecule has 0 aromatic heterocycles. The lowest BCUT2D eigenvalue weighted by Crippen LogP contribution is -2.43. The Morgan fingerprint density at radius 3 is 2.52 bits per heavy atom. The normalized spacial score (nSPS) is 18.2. The lowest BCUT2D eigenvalue weighted by molar-refractivity contribution is -0.136. The highest BCUT2D eigenvalue weighted by atomic mass is 32.2. The smallest absolute Gasteiger partial charge is 0.261 e. The second kappa shape index (κ2) is 8.08. The number of sulfone groups is 1. The van der Waals surface area contributed by atoms with Crippen molar-refractivity contribution in [2.45, 2.75) is 25.9 Å². The Balaban J connectivity index is 1.75. The van der Waals surface area contributed by atoms with Crippen molar-refractivity contribution in [2.24, 2.45) is 0 Å². The third kappa shape index (κ3) is 5.07. The van der Waals surface area contributed by atoms with Crippen LogP contribution in [0.2, 0.25) is 0 Å². The molecular formula is C20H22FNO4S. The Morgan fingerprint density at radius 2 is 1.89 bits per heavy atom. The summed E-state index contributed by atoms with van der Waals surface area (Å²) in [5.74, 6) is -0.287. The fourth-order valence-electron chi connectivity index (χ4n) is 3.11. The first-order valence-corrected chi connectivity index (χ1v) is 10.6. The zero-order chi connectivity index (χ0) is 19.4. The fourth-order valence-corrected chi connectivity index (χ4v) is 4.85. The van der Waals surface area contributed by atoms with E-state index in [4.69, 9.17) is 4.74 Å². The summed E-state index contributed by atoms with van der Waals surface area (Å²) in [6.07, 6.45) is 0.354. The van der Waals surface area contributed by atoms with Gasteiger partial charge in [-0.15, -0.1) is 0 Å².